The molecule has 0 aromatic heterocycles. The Kier molecular flexibility index (Phi) is 6.33. The van der Waals surface area contributed by atoms with E-state index < -0.39 is 17.7 Å². The third-order valence-corrected chi connectivity index (χ3v) is 5.83. The van der Waals surface area contributed by atoms with Gasteiger partial charge in [-0.1, -0.05) is 48.5 Å². The molecule has 33 heavy (non-hydrogen) atoms. The molecule has 0 spiro atoms. The van der Waals surface area contributed by atoms with E-state index in [0.717, 1.165) is 10.8 Å². The van der Waals surface area contributed by atoms with Gasteiger partial charge in [-0.15, -0.1) is 0 Å². The number of methoxy groups -OCH3 is 3. The van der Waals surface area contributed by atoms with Crippen LogP contribution in [0.2, 0.25) is 0 Å². The molecule has 3 aromatic rings. The molecular formula is C26H25NO6. The number of para-hydroxylation sites is 1. The first-order valence-electron chi connectivity index (χ1n) is 10.5. The fraction of sp³-hybridized carbons (Fsp3) is 0.231. The quantitative estimate of drug-likeness (QED) is 0.336. The van der Waals surface area contributed by atoms with Crippen LogP contribution in [-0.2, 0) is 14.3 Å². The van der Waals surface area contributed by atoms with Crippen molar-refractivity contribution in [2.45, 2.75) is 6.04 Å². The molecule has 1 N–H and O–H groups in total. The van der Waals surface area contributed by atoms with Crippen molar-refractivity contribution in [3.8, 4) is 11.5 Å². The van der Waals surface area contributed by atoms with Crippen LogP contribution in [0.25, 0.3) is 16.5 Å². The third kappa shape index (κ3) is 3.91. The monoisotopic (exact) mass is 447 g/mol. The number of ketones is 1. The van der Waals surface area contributed by atoms with Crippen LogP contribution in [0.5, 0.6) is 11.5 Å². The molecule has 1 unspecified atom stereocenters. The summed E-state index contributed by atoms with van der Waals surface area (Å²) < 4.78 is 16.2. The molecule has 0 bridgehead atoms. The Labute approximate surface area is 191 Å². The van der Waals surface area contributed by atoms with Crippen LogP contribution < -0.4 is 9.47 Å². The van der Waals surface area contributed by atoms with Gasteiger partial charge in [-0.05, 0) is 22.9 Å². The maximum atomic E-state index is 13.2. The van der Waals surface area contributed by atoms with E-state index in [2.05, 4.69) is 0 Å². The highest BCUT2D eigenvalue weighted by Crippen LogP contribution is 2.45. The second-order valence-corrected chi connectivity index (χ2v) is 7.63. The minimum absolute atomic E-state index is 0.00191. The average molecular weight is 447 g/mol. The molecule has 1 amide bonds. The smallest absolute Gasteiger partial charge is 0.295 e. The van der Waals surface area contributed by atoms with Gasteiger partial charge >= 0.3 is 0 Å². The molecule has 0 saturated carbocycles. The molecule has 1 heterocycles. The molecule has 4 rings (SSSR count). The molecule has 3 aromatic carbocycles. The average Bonchev–Trinajstić information content (AvgIpc) is 3.10. The first-order valence-corrected chi connectivity index (χ1v) is 10.5. The van der Waals surface area contributed by atoms with Crippen LogP contribution in [0.4, 0.5) is 0 Å². The van der Waals surface area contributed by atoms with Crippen molar-refractivity contribution in [1.82, 2.24) is 4.90 Å². The van der Waals surface area contributed by atoms with Crippen molar-refractivity contribution in [2.75, 3.05) is 34.5 Å². The molecule has 7 nitrogen and oxygen atoms in total. The van der Waals surface area contributed by atoms with Gasteiger partial charge in [0.1, 0.15) is 5.76 Å². The van der Waals surface area contributed by atoms with Crippen molar-refractivity contribution in [3.63, 3.8) is 0 Å². The van der Waals surface area contributed by atoms with Crippen molar-refractivity contribution in [2.24, 2.45) is 0 Å². The van der Waals surface area contributed by atoms with E-state index in [1.165, 1.54) is 26.2 Å². The summed E-state index contributed by atoms with van der Waals surface area (Å²) in [5, 5.41) is 13.2. The number of carbonyl (C=O) groups is 2. The maximum absolute atomic E-state index is 13.2. The number of likely N-dealkylation sites (tertiary alicyclic amines) is 1. The van der Waals surface area contributed by atoms with Crippen LogP contribution >= 0.6 is 0 Å². The Balaban J connectivity index is 1.94. The lowest BCUT2D eigenvalue weighted by Gasteiger charge is -2.27. The van der Waals surface area contributed by atoms with Gasteiger partial charge in [0.2, 0.25) is 0 Å². The first-order chi connectivity index (χ1) is 16.0. The lowest BCUT2D eigenvalue weighted by molar-refractivity contribution is -0.140. The number of nitrogens with zero attached hydrogens (tertiary/aromatic N) is 1. The van der Waals surface area contributed by atoms with Crippen molar-refractivity contribution in [3.05, 3.63) is 77.4 Å². The minimum Gasteiger partial charge on any atom is -0.507 e. The van der Waals surface area contributed by atoms with Crippen LogP contribution in [0.3, 0.4) is 0 Å². The second-order valence-electron chi connectivity index (χ2n) is 7.63. The maximum Gasteiger partial charge on any atom is 0.295 e. The molecule has 1 aliphatic rings. The number of Topliss-reactive ketones (excluding diaryl/α,β-unsaturated/α-hetero) is 1. The summed E-state index contributed by atoms with van der Waals surface area (Å²) in [5.74, 6) is -0.860. The van der Waals surface area contributed by atoms with Crippen LogP contribution in [0.1, 0.15) is 17.2 Å². The number of hydrogen-bond acceptors (Lipinski definition) is 6. The zero-order chi connectivity index (χ0) is 23.5. The number of hydrogen-bond donors (Lipinski definition) is 1. The zero-order valence-corrected chi connectivity index (χ0v) is 18.7. The highest BCUT2D eigenvalue weighted by molar-refractivity contribution is 6.46. The van der Waals surface area contributed by atoms with Crippen LogP contribution in [0.15, 0.2) is 66.2 Å². The van der Waals surface area contributed by atoms with Gasteiger partial charge in [0, 0.05) is 24.8 Å². The molecule has 1 aliphatic heterocycles. The summed E-state index contributed by atoms with van der Waals surface area (Å²) in [4.78, 5) is 27.6. The standard InChI is InChI=1S/C26H25NO6/c1-31-14-13-27-22(19-9-6-10-20(32-2)25(19)33-3)21(24(29)26(27)30)23(28)18-12-11-16-7-4-5-8-17(16)15-18/h4-12,15,22,28H,13-14H2,1-3H3/b23-21+. The number of ether oxygens (including phenoxy) is 3. The fourth-order valence-electron chi connectivity index (χ4n) is 4.24. The summed E-state index contributed by atoms with van der Waals surface area (Å²) in [7, 11) is 4.53. The van der Waals surface area contributed by atoms with Gasteiger partial charge in [0.25, 0.3) is 11.7 Å². The van der Waals surface area contributed by atoms with Gasteiger partial charge in [-0.25, -0.2) is 0 Å². The molecule has 0 radical (unpaired) electrons. The van der Waals surface area contributed by atoms with Crippen molar-refractivity contribution in [1.29, 1.82) is 0 Å². The molecule has 0 aliphatic carbocycles. The lowest BCUT2D eigenvalue weighted by atomic mass is 9.93. The van der Waals surface area contributed by atoms with Crippen LogP contribution in [0, 0.1) is 0 Å². The van der Waals surface area contributed by atoms with E-state index in [-0.39, 0.29) is 24.5 Å². The molecule has 1 fully saturated rings. The number of rotatable bonds is 7. The Hall–Kier alpha value is -3.84. The van der Waals surface area contributed by atoms with E-state index in [1.807, 2.05) is 30.3 Å². The Morgan fingerprint density at radius 3 is 2.39 bits per heavy atom. The molecule has 1 atom stereocenters. The van der Waals surface area contributed by atoms with Crippen LogP contribution in [-0.4, -0.2) is 56.2 Å². The van der Waals surface area contributed by atoms with Gasteiger partial charge in [0.15, 0.2) is 11.5 Å². The number of benzene rings is 3. The van der Waals surface area contributed by atoms with E-state index in [1.54, 1.807) is 30.3 Å². The van der Waals surface area contributed by atoms with Gasteiger partial charge < -0.3 is 24.2 Å². The normalized spacial score (nSPS) is 17.5. The largest absolute Gasteiger partial charge is 0.507 e. The summed E-state index contributed by atoms with van der Waals surface area (Å²) >= 11 is 0. The number of aliphatic hydroxyl groups excluding tert-OH is 1. The molecular weight excluding hydrogens is 422 g/mol. The summed E-state index contributed by atoms with van der Waals surface area (Å²) in [6, 6.07) is 17.5. The highest BCUT2D eigenvalue weighted by atomic mass is 16.5. The van der Waals surface area contributed by atoms with Crippen molar-refractivity contribution < 1.29 is 28.9 Å². The van der Waals surface area contributed by atoms with Gasteiger partial charge in [-0.2, -0.15) is 0 Å². The number of carbonyl (C=O) groups excluding carboxylic acids is 2. The third-order valence-electron chi connectivity index (χ3n) is 5.83. The predicted octanol–water partition coefficient (Wildman–Crippen LogP) is 3.93. The van der Waals surface area contributed by atoms with E-state index in [4.69, 9.17) is 14.2 Å². The van der Waals surface area contributed by atoms with E-state index >= 15 is 0 Å². The molecule has 170 valence electrons. The van der Waals surface area contributed by atoms with Crippen molar-refractivity contribution >= 4 is 28.2 Å². The molecule has 1 saturated heterocycles. The minimum atomic E-state index is -0.864. The fourth-order valence-corrected chi connectivity index (χ4v) is 4.24. The Bertz CT molecular complexity index is 1250. The summed E-state index contributed by atoms with van der Waals surface area (Å²) in [6.07, 6.45) is 0. The zero-order valence-electron chi connectivity index (χ0n) is 18.7. The Morgan fingerprint density at radius 1 is 0.939 bits per heavy atom. The number of aliphatic hydroxyl groups is 1. The lowest BCUT2D eigenvalue weighted by Crippen LogP contribution is -2.32. The van der Waals surface area contributed by atoms with E-state index in [0.29, 0.717) is 22.6 Å². The predicted molar refractivity (Wildman–Crippen MR) is 124 cm³/mol. The first kappa shape index (κ1) is 22.4. The van der Waals surface area contributed by atoms with E-state index in [9.17, 15) is 14.7 Å². The topological polar surface area (TPSA) is 85.3 Å². The van der Waals surface area contributed by atoms with Gasteiger partial charge in [0.05, 0.1) is 32.4 Å². The SMILES string of the molecule is COCCN1C(=O)C(=O)/C(=C(/O)c2ccc3ccccc3c2)C1c1cccc(OC)c1OC. The van der Waals surface area contributed by atoms with Gasteiger partial charge in [-0.3, -0.25) is 9.59 Å². The Morgan fingerprint density at radius 2 is 1.70 bits per heavy atom. The second kappa shape index (κ2) is 9.34. The summed E-state index contributed by atoms with van der Waals surface area (Å²) in [5.41, 5.74) is 0.984. The highest BCUT2D eigenvalue weighted by Gasteiger charge is 2.47. The summed E-state index contributed by atoms with van der Waals surface area (Å²) in [6.45, 7) is 0.395. The number of amides is 1. The number of fused-ring (bicyclic) bond motifs is 1. The molecule has 7 heteroatoms.